The predicted octanol–water partition coefficient (Wildman–Crippen LogP) is 3.87. The molecule has 21 heavy (non-hydrogen) atoms. The molecule has 2 aromatic rings. The maximum atomic E-state index is 12.8. The molecule has 0 bridgehead atoms. The summed E-state index contributed by atoms with van der Waals surface area (Å²) < 4.78 is 12.8. The largest absolute Gasteiger partial charge is 0.322 e. The number of carbonyl (C=O) groups is 1. The summed E-state index contributed by atoms with van der Waals surface area (Å²) in [7, 11) is 1.83. The molecule has 0 unspecified atom stereocenters. The highest BCUT2D eigenvalue weighted by Gasteiger charge is 2.11. The van der Waals surface area contributed by atoms with Crippen LogP contribution in [0.25, 0.3) is 0 Å². The Morgan fingerprint density at radius 2 is 1.86 bits per heavy atom. The number of carbonyl (C=O) groups excluding carboxylic acids is 1. The van der Waals surface area contributed by atoms with Crippen LogP contribution in [0, 0.1) is 5.82 Å². The Balaban J connectivity index is 0.00000220. The number of anilines is 1. The summed E-state index contributed by atoms with van der Waals surface area (Å²) in [4.78, 5) is 12.2. The van der Waals surface area contributed by atoms with Crippen LogP contribution in [0.5, 0.6) is 0 Å². The molecule has 0 aliphatic carbocycles. The summed E-state index contributed by atoms with van der Waals surface area (Å²) in [6.45, 7) is 0.647. The first-order valence-corrected chi connectivity index (χ1v) is 6.48. The highest BCUT2D eigenvalue weighted by molar-refractivity contribution is 6.34. The van der Waals surface area contributed by atoms with E-state index in [-0.39, 0.29) is 24.1 Å². The first kappa shape index (κ1) is 17.4. The Bertz CT molecular complexity index is 618. The molecular formula is C15H15Cl2FN2O. The molecule has 6 heteroatoms. The van der Waals surface area contributed by atoms with Crippen molar-refractivity contribution in [2.45, 2.75) is 6.54 Å². The molecule has 1 amide bonds. The van der Waals surface area contributed by atoms with E-state index < -0.39 is 0 Å². The lowest BCUT2D eigenvalue weighted by molar-refractivity contribution is 0.102. The molecule has 0 aliphatic heterocycles. The fourth-order valence-corrected chi connectivity index (χ4v) is 2.00. The van der Waals surface area contributed by atoms with Gasteiger partial charge in [0.2, 0.25) is 0 Å². The fourth-order valence-electron chi connectivity index (χ4n) is 1.79. The third kappa shape index (κ3) is 4.70. The third-order valence-electron chi connectivity index (χ3n) is 2.76. The number of nitrogens with one attached hydrogen (secondary N) is 2. The van der Waals surface area contributed by atoms with Crippen molar-refractivity contribution in [3.05, 3.63) is 64.4 Å². The second-order valence-corrected chi connectivity index (χ2v) is 4.71. The van der Waals surface area contributed by atoms with Crippen LogP contribution in [0.3, 0.4) is 0 Å². The predicted molar refractivity (Wildman–Crippen MR) is 85.8 cm³/mol. The number of amides is 1. The summed E-state index contributed by atoms with van der Waals surface area (Å²) in [5.41, 5.74) is 1.87. The third-order valence-corrected chi connectivity index (χ3v) is 3.09. The zero-order valence-electron chi connectivity index (χ0n) is 11.3. The van der Waals surface area contributed by atoms with Crippen LogP contribution in [0.2, 0.25) is 5.02 Å². The Morgan fingerprint density at radius 3 is 2.48 bits per heavy atom. The molecule has 0 saturated carbocycles. The van der Waals surface area contributed by atoms with Gasteiger partial charge >= 0.3 is 0 Å². The van der Waals surface area contributed by atoms with Crippen molar-refractivity contribution in [2.24, 2.45) is 0 Å². The molecule has 0 fully saturated rings. The van der Waals surface area contributed by atoms with Crippen LogP contribution < -0.4 is 10.6 Å². The monoisotopic (exact) mass is 328 g/mol. The molecule has 0 aromatic heterocycles. The number of rotatable bonds is 4. The molecule has 0 atom stereocenters. The second-order valence-electron chi connectivity index (χ2n) is 4.31. The van der Waals surface area contributed by atoms with E-state index in [0.29, 0.717) is 22.8 Å². The number of benzene rings is 2. The van der Waals surface area contributed by atoms with Crippen LogP contribution in [-0.2, 0) is 6.54 Å². The molecule has 0 saturated heterocycles. The first-order valence-electron chi connectivity index (χ1n) is 6.10. The van der Waals surface area contributed by atoms with Crippen molar-refractivity contribution in [2.75, 3.05) is 12.4 Å². The number of hydrogen-bond donors (Lipinski definition) is 2. The number of halogens is 3. The van der Waals surface area contributed by atoms with Crippen LogP contribution in [0.15, 0.2) is 42.5 Å². The van der Waals surface area contributed by atoms with Crippen LogP contribution in [-0.4, -0.2) is 13.0 Å². The molecular weight excluding hydrogens is 314 g/mol. The molecule has 112 valence electrons. The Labute approximate surface area is 133 Å². The summed E-state index contributed by atoms with van der Waals surface area (Å²) >= 11 is 6.04. The van der Waals surface area contributed by atoms with E-state index in [0.717, 1.165) is 5.56 Å². The molecule has 3 nitrogen and oxygen atoms in total. The standard InChI is InChI=1S/C15H14ClFN2O.ClH/c1-18-9-10-2-7-14(16)13(8-10)15(20)19-12-5-3-11(17)4-6-12;/h2-8,18H,9H2,1H3,(H,19,20);1H. The minimum atomic E-state index is -0.350. The zero-order chi connectivity index (χ0) is 14.5. The van der Waals surface area contributed by atoms with Gasteiger partial charge in [-0.3, -0.25) is 4.79 Å². The van der Waals surface area contributed by atoms with Crippen molar-refractivity contribution in [1.29, 1.82) is 0 Å². The molecule has 0 aliphatic rings. The first-order chi connectivity index (χ1) is 9.60. The average Bonchev–Trinajstić information content (AvgIpc) is 2.43. The van der Waals surface area contributed by atoms with Crippen molar-refractivity contribution in [1.82, 2.24) is 5.32 Å². The zero-order valence-corrected chi connectivity index (χ0v) is 12.9. The van der Waals surface area contributed by atoms with E-state index in [1.54, 1.807) is 12.1 Å². The van der Waals surface area contributed by atoms with Crippen molar-refractivity contribution in [3.8, 4) is 0 Å². The van der Waals surface area contributed by atoms with Crippen LogP contribution in [0.4, 0.5) is 10.1 Å². The van der Waals surface area contributed by atoms with Crippen LogP contribution in [0.1, 0.15) is 15.9 Å². The fraction of sp³-hybridized carbons (Fsp3) is 0.133. The van der Waals surface area contributed by atoms with E-state index in [2.05, 4.69) is 10.6 Å². The lowest BCUT2D eigenvalue weighted by atomic mass is 10.1. The molecule has 2 rings (SSSR count). The molecule has 0 radical (unpaired) electrons. The Hall–Kier alpha value is -1.62. The maximum absolute atomic E-state index is 12.8. The van der Waals surface area contributed by atoms with Gasteiger partial charge in [-0.1, -0.05) is 17.7 Å². The highest BCUT2D eigenvalue weighted by atomic mass is 35.5. The van der Waals surface area contributed by atoms with Gasteiger partial charge in [0.15, 0.2) is 0 Å². The van der Waals surface area contributed by atoms with E-state index >= 15 is 0 Å². The molecule has 0 heterocycles. The van der Waals surface area contributed by atoms with E-state index in [4.69, 9.17) is 11.6 Å². The van der Waals surface area contributed by atoms with Gasteiger partial charge in [0.25, 0.3) is 5.91 Å². The van der Waals surface area contributed by atoms with Gasteiger partial charge in [-0.05, 0) is 49.0 Å². The van der Waals surface area contributed by atoms with Crippen LogP contribution >= 0.6 is 24.0 Å². The highest BCUT2D eigenvalue weighted by Crippen LogP contribution is 2.19. The lowest BCUT2D eigenvalue weighted by Gasteiger charge is -2.09. The lowest BCUT2D eigenvalue weighted by Crippen LogP contribution is -2.14. The van der Waals surface area contributed by atoms with E-state index in [9.17, 15) is 9.18 Å². The minimum absolute atomic E-state index is 0. The molecule has 0 spiro atoms. The molecule has 2 aromatic carbocycles. The summed E-state index contributed by atoms with van der Waals surface area (Å²) in [6, 6.07) is 10.8. The van der Waals surface area contributed by atoms with Gasteiger partial charge < -0.3 is 10.6 Å². The van der Waals surface area contributed by atoms with Gasteiger partial charge in [0.05, 0.1) is 10.6 Å². The average molecular weight is 329 g/mol. The number of hydrogen-bond acceptors (Lipinski definition) is 2. The Morgan fingerprint density at radius 1 is 1.19 bits per heavy atom. The summed E-state index contributed by atoms with van der Waals surface area (Å²) in [5.74, 6) is -0.670. The van der Waals surface area contributed by atoms with Gasteiger partial charge in [-0.15, -0.1) is 12.4 Å². The molecule has 2 N–H and O–H groups in total. The quantitative estimate of drug-likeness (QED) is 0.894. The van der Waals surface area contributed by atoms with Crippen molar-refractivity contribution in [3.63, 3.8) is 0 Å². The van der Waals surface area contributed by atoms with Gasteiger partial charge in [0.1, 0.15) is 5.82 Å². The Kier molecular flexibility index (Phi) is 6.62. The SMILES string of the molecule is CNCc1ccc(Cl)c(C(=O)Nc2ccc(F)cc2)c1.Cl. The van der Waals surface area contributed by atoms with Gasteiger partial charge in [-0.2, -0.15) is 0 Å². The van der Waals surface area contributed by atoms with Gasteiger partial charge in [-0.25, -0.2) is 4.39 Å². The summed E-state index contributed by atoms with van der Waals surface area (Å²) in [6.07, 6.45) is 0. The maximum Gasteiger partial charge on any atom is 0.257 e. The second kappa shape index (κ2) is 7.98. The van der Waals surface area contributed by atoms with Crippen molar-refractivity contribution < 1.29 is 9.18 Å². The summed E-state index contributed by atoms with van der Waals surface area (Å²) in [5, 5.41) is 6.07. The smallest absolute Gasteiger partial charge is 0.257 e. The topological polar surface area (TPSA) is 41.1 Å². The normalized spacial score (nSPS) is 9.86. The van der Waals surface area contributed by atoms with Gasteiger partial charge in [0, 0.05) is 12.2 Å². The van der Waals surface area contributed by atoms with E-state index in [1.165, 1.54) is 24.3 Å². The van der Waals surface area contributed by atoms with E-state index in [1.807, 2.05) is 13.1 Å². The minimum Gasteiger partial charge on any atom is -0.322 e. The van der Waals surface area contributed by atoms with Crippen molar-refractivity contribution >= 4 is 35.6 Å².